The van der Waals surface area contributed by atoms with Crippen LogP contribution in [-0.2, 0) is 22.6 Å². The minimum absolute atomic E-state index is 0.149. The Balaban J connectivity index is 2.49. The molecule has 0 aliphatic carbocycles. The Kier molecular flexibility index (Phi) is 7.24. The predicted octanol–water partition coefficient (Wildman–Crippen LogP) is 0.432. The molecule has 1 aromatic rings. The van der Waals surface area contributed by atoms with E-state index in [-0.39, 0.29) is 5.56 Å². The zero-order valence-corrected chi connectivity index (χ0v) is 11.0. The van der Waals surface area contributed by atoms with E-state index < -0.39 is 0 Å². The van der Waals surface area contributed by atoms with Crippen LogP contribution < -0.4 is 10.9 Å². The van der Waals surface area contributed by atoms with E-state index in [0.717, 1.165) is 13.0 Å². The lowest BCUT2D eigenvalue weighted by Crippen LogP contribution is -2.22. The number of H-pyrrole nitrogens is 1. The number of ether oxygens (including phenoxy) is 2. The second kappa shape index (κ2) is 8.79. The SMILES string of the molecule is CCCOCc1nc(CNCCOC)cc(=O)[nH]1. The van der Waals surface area contributed by atoms with Gasteiger partial charge in [-0.1, -0.05) is 6.92 Å². The molecule has 0 atom stereocenters. The predicted molar refractivity (Wildman–Crippen MR) is 68.4 cm³/mol. The lowest BCUT2D eigenvalue weighted by molar-refractivity contribution is 0.115. The first-order chi connectivity index (χ1) is 8.76. The van der Waals surface area contributed by atoms with Crippen molar-refractivity contribution in [3.05, 3.63) is 27.9 Å². The van der Waals surface area contributed by atoms with Gasteiger partial charge in [-0.2, -0.15) is 0 Å². The van der Waals surface area contributed by atoms with Crippen LogP contribution in [0.5, 0.6) is 0 Å². The molecule has 6 heteroatoms. The standard InChI is InChI=1S/C12H21N3O3/c1-3-5-18-9-11-14-10(7-12(16)15-11)8-13-4-6-17-2/h7,13H,3-6,8-9H2,1-2H3,(H,14,15,16). The van der Waals surface area contributed by atoms with Crippen molar-refractivity contribution in [3.8, 4) is 0 Å². The van der Waals surface area contributed by atoms with E-state index >= 15 is 0 Å². The minimum atomic E-state index is -0.149. The van der Waals surface area contributed by atoms with Gasteiger partial charge < -0.3 is 19.8 Å². The molecule has 1 heterocycles. The molecule has 0 fully saturated rings. The number of aromatic nitrogens is 2. The molecule has 102 valence electrons. The van der Waals surface area contributed by atoms with Crippen LogP contribution in [0.2, 0.25) is 0 Å². The zero-order chi connectivity index (χ0) is 13.2. The maximum atomic E-state index is 11.4. The van der Waals surface area contributed by atoms with Crippen LogP contribution in [0.1, 0.15) is 24.9 Å². The summed E-state index contributed by atoms with van der Waals surface area (Å²) in [6.45, 7) is 4.96. The molecule has 0 aliphatic rings. The first kappa shape index (κ1) is 14.8. The summed E-state index contributed by atoms with van der Waals surface area (Å²) in [6.07, 6.45) is 0.947. The average molecular weight is 255 g/mol. The van der Waals surface area contributed by atoms with Crippen LogP contribution in [0.4, 0.5) is 0 Å². The summed E-state index contributed by atoms with van der Waals surface area (Å²) in [6, 6.07) is 1.49. The molecule has 0 saturated heterocycles. The van der Waals surface area contributed by atoms with Crippen LogP contribution in [0.3, 0.4) is 0 Å². The van der Waals surface area contributed by atoms with Crippen LogP contribution in [0.25, 0.3) is 0 Å². The summed E-state index contributed by atoms with van der Waals surface area (Å²) < 4.78 is 10.3. The quantitative estimate of drug-likeness (QED) is 0.626. The fourth-order valence-electron chi connectivity index (χ4n) is 1.43. The van der Waals surface area contributed by atoms with E-state index in [0.29, 0.717) is 37.9 Å². The minimum Gasteiger partial charge on any atom is -0.383 e. The normalized spacial score (nSPS) is 10.8. The molecule has 0 unspecified atom stereocenters. The molecular formula is C12H21N3O3. The summed E-state index contributed by atoms with van der Waals surface area (Å²) in [7, 11) is 1.65. The second-order valence-electron chi connectivity index (χ2n) is 3.91. The number of nitrogens with zero attached hydrogens (tertiary/aromatic N) is 1. The number of methoxy groups -OCH3 is 1. The molecule has 0 spiro atoms. The Morgan fingerprint density at radius 2 is 2.28 bits per heavy atom. The van der Waals surface area contributed by atoms with Gasteiger partial charge in [0.05, 0.1) is 12.3 Å². The van der Waals surface area contributed by atoms with Crippen LogP contribution in [-0.4, -0.2) is 36.8 Å². The summed E-state index contributed by atoms with van der Waals surface area (Å²) in [5.41, 5.74) is 0.564. The van der Waals surface area contributed by atoms with Crippen molar-refractivity contribution in [2.45, 2.75) is 26.5 Å². The van der Waals surface area contributed by atoms with Crippen molar-refractivity contribution >= 4 is 0 Å². The molecule has 0 amide bonds. The number of aromatic amines is 1. The first-order valence-electron chi connectivity index (χ1n) is 6.12. The van der Waals surface area contributed by atoms with Crippen LogP contribution in [0, 0.1) is 0 Å². The highest BCUT2D eigenvalue weighted by Crippen LogP contribution is 1.95. The van der Waals surface area contributed by atoms with E-state index in [1.807, 2.05) is 6.92 Å². The number of hydrogen-bond donors (Lipinski definition) is 2. The Morgan fingerprint density at radius 3 is 3.00 bits per heavy atom. The molecule has 18 heavy (non-hydrogen) atoms. The van der Waals surface area contributed by atoms with Crippen molar-refractivity contribution in [1.29, 1.82) is 0 Å². The van der Waals surface area contributed by atoms with Crippen molar-refractivity contribution in [2.24, 2.45) is 0 Å². The smallest absolute Gasteiger partial charge is 0.251 e. The van der Waals surface area contributed by atoms with Gasteiger partial charge in [-0.15, -0.1) is 0 Å². The van der Waals surface area contributed by atoms with E-state index in [4.69, 9.17) is 9.47 Å². The van der Waals surface area contributed by atoms with Crippen molar-refractivity contribution in [2.75, 3.05) is 26.9 Å². The van der Waals surface area contributed by atoms with Crippen molar-refractivity contribution in [3.63, 3.8) is 0 Å². The fraction of sp³-hybridized carbons (Fsp3) is 0.667. The Hall–Kier alpha value is -1.24. The van der Waals surface area contributed by atoms with Gasteiger partial charge >= 0.3 is 0 Å². The molecule has 0 bridgehead atoms. The highest BCUT2D eigenvalue weighted by molar-refractivity contribution is 5.02. The molecule has 2 N–H and O–H groups in total. The molecular weight excluding hydrogens is 234 g/mol. The molecule has 6 nitrogen and oxygen atoms in total. The van der Waals surface area contributed by atoms with Gasteiger partial charge in [0, 0.05) is 32.9 Å². The highest BCUT2D eigenvalue weighted by atomic mass is 16.5. The summed E-state index contributed by atoms with van der Waals surface area (Å²) in [4.78, 5) is 18.4. The topological polar surface area (TPSA) is 76.2 Å². The van der Waals surface area contributed by atoms with Gasteiger partial charge in [0.25, 0.3) is 5.56 Å². The van der Waals surface area contributed by atoms with E-state index in [2.05, 4.69) is 15.3 Å². The van der Waals surface area contributed by atoms with Gasteiger partial charge in [-0.05, 0) is 6.42 Å². The van der Waals surface area contributed by atoms with Crippen LogP contribution in [0.15, 0.2) is 10.9 Å². The molecule has 0 radical (unpaired) electrons. The van der Waals surface area contributed by atoms with E-state index in [9.17, 15) is 4.79 Å². The lowest BCUT2D eigenvalue weighted by atomic mass is 10.4. The Bertz CT molecular complexity index is 392. The lowest BCUT2D eigenvalue weighted by Gasteiger charge is -2.06. The third kappa shape index (κ3) is 5.90. The van der Waals surface area contributed by atoms with E-state index in [1.54, 1.807) is 7.11 Å². The second-order valence-corrected chi connectivity index (χ2v) is 3.91. The van der Waals surface area contributed by atoms with Crippen molar-refractivity contribution in [1.82, 2.24) is 15.3 Å². The molecule has 0 aromatic carbocycles. The Labute approximate surface area is 107 Å². The number of rotatable bonds is 9. The third-order valence-electron chi connectivity index (χ3n) is 2.22. The largest absolute Gasteiger partial charge is 0.383 e. The van der Waals surface area contributed by atoms with Gasteiger partial charge in [0.2, 0.25) is 0 Å². The van der Waals surface area contributed by atoms with Gasteiger partial charge in [-0.3, -0.25) is 4.79 Å². The maximum Gasteiger partial charge on any atom is 0.251 e. The fourth-order valence-corrected chi connectivity index (χ4v) is 1.43. The molecule has 0 saturated carbocycles. The number of nitrogens with one attached hydrogen (secondary N) is 2. The first-order valence-corrected chi connectivity index (χ1v) is 6.12. The molecule has 1 rings (SSSR count). The molecule has 0 aliphatic heterocycles. The van der Waals surface area contributed by atoms with Crippen molar-refractivity contribution < 1.29 is 9.47 Å². The van der Waals surface area contributed by atoms with Gasteiger partial charge in [-0.25, -0.2) is 4.98 Å². The average Bonchev–Trinajstić information content (AvgIpc) is 2.34. The maximum absolute atomic E-state index is 11.4. The van der Waals surface area contributed by atoms with Gasteiger partial charge in [0.1, 0.15) is 12.4 Å². The highest BCUT2D eigenvalue weighted by Gasteiger charge is 2.01. The third-order valence-corrected chi connectivity index (χ3v) is 2.22. The molecule has 1 aromatic heterocycles. The number of hydrogen-bond acceptors (Lipinski definition) is 5. The van der Waals surface area contributed by atoms with Crippen LogP contribution >= 0.6 is 0 Å². The monoisotopic (exact) mass is 255 g/mol. The summed E-state index contributed by atoms with van der Waals surface area (Å²) >= 11 is 0. The summed E-state index contributed by atoms with van der Waals surface area (Å²) in [5, 5.41) is 3.14. The van der Waals surface area contributed by atoms with Gasteiger partial charge in [0.15, 0.2) is 0 Å². The Morgan fingerprint density at radius 1 is 1.44 bits per heavy atom. The summed E-state index contributed by atoms with van der Waals surface area (Å²) in [5.74, 6) is 0.569. The zero-order valence-electron chi connectivity index (χ0n) is 11.0. The van der Waals surface area contributed by atoms with E-state index in [1.165, 1.54) is 6.07 Å².